The van der Waals surface area contributed by atoms with Crippen molar-refractivity contribution in [1.82, 2.24) is 5.32 Å². The molecule has 3 heteroatoms. The number of nitrogens with one attached hydrogen (secondary N) is 1. The molecule has 2 aliphatic rings. The van der Waals surface area contributed by atoms with Crippen LogP contribution in [0.15, 0.2) is 18.2 Å². The molecule has 1 N–H and O–H groups in total. The molecule has 0 spiro atoms. The van der Waals surface area contributed by atoms with Crippen LogP contribution < -0.4 is 10.1 Å². The van der Waals surface area contributed by atoms with Crippen LogP contribution in [0.2, 0.25) is 0 Å². The summed E-state index contributed by atoms with van der Waals surface area (Å²) in [5.41, 5.74) is 1.04. The Morgan fingerprint density at radius 1 is 1.21 bits per heavy atom. The van der Waals surface area contributed by atoms with Gasteiger partial charge in [0.15, 0.2) is 0 Å². The van der Waals surface area contributed by atoms with Gasteiger partial charge < -0.3 is 10.1 Å². The standard InChI is InChI=1S/C16H22FNO/c17-14-6-7-16(19-15-4-1-5-15)13(10-14)9-12-3-2-8-18-11-12/h6-7,10,12,15,18H,1-5,8-9,11H2. The molecule has 0 bridgehead atoms. The molecule has 2 fully saturated rings. The average molecular weight is 263 g/mol. The average Bonchev–Trinajstić information content (AvgIpc) is 2.37. The lowest BCUT2D eigenvalue weighted by molar-refractivity contribution is 0.118. The van der Waals surface area contributed by atoms with E-state index < -0.39 is 0 Å². The summed E-state index contributed by atoms with van der Waals surface area (Å²) in [4.78, 5) is 0. The van der Waals surface area contributed by atoms with Gasteiger partial charge in [-0.15, -0.1) is 0 Å². The Morgan fingerprint density at radius 2 is 2.11 bits per heavy atom. The lowest BCUT2D eigenvalue weighted by Gasteiger charge is -2.29. The summed E-state index contributed by atoms with van der Waals surface area (Å²) < 4.78 is 19.5. The minimum atomic E-state index is -0.153. The van der Waals surface area contributed by atoms with E-state index in [2.05, 4.69) is 5.32 Å². The van der Waals surface area contributed by atoms with Crippen molar-refractivity contribution < 1.29 is 9.13 Å². The Balaban J connectivity index is 1.71. The summed E-state index contributed by atoms with van der Waals surface area (Å²) >= 11 is 0. The van der Waals surface area contributed by atoms with Crippen LogP contribution in [0.4, 0.5) is 4.39 Å². The second-order valence-corrected chi connectivity index (χ2v) is 5.84. The van der Waals surface area contributed by atoms with Gasteiger partial charge in [0, 0.05) is 0 Å². The molecule has 1 heterocycles. The molecule has 0 radical (unpaired) electrons. The minimum Gasteiger partial charge on any atom is -0.490 e. The zero-order valence-corrected chi connectivity index (χ0v) is 11.3. The predicted octanol–water partition coefficient (Wildman–Crippen LogP) is 3.30. The lowest BCUT2D eigenvalue weighted by Crippen LogP contribution is -2.31. The van der Waals surface area contributed by atoms with Crippen LogP contribution in [0.25, 0.3) is 0 Å². The highest BCUT2D eigenvalue weighted by Gasteiger charge is 2.22. The van der Waals surface area contributed by atoms with Crippen molar-refractivity contribution in [3.05, 3.63) is 29.6 Å². The van der Waals surface area contributed by atoms with Crippen molar-refractivity contribution in [3.8, 4) is 5.75 Å². The Hall–Kier alpha value is -1.09. The number of benzene rings is 1. The van der Waals surface area contributed by atoms with Crippen LogP contribution >= 0.6 is 0 Å². The third-order valence-electron chi connectivity index (χ3n) is 4.28. The van der Waals surface area contributed by atoms with Gasteiger partial charge in [-0.2, -0.15) is 0 Å². The van der Waals surface area contributed by atoms with Gasteiger partial charge in [-0.3, -0.25) is 0 Å². The first kappa shape index (κ1) is 12.9. The summed E-state index contributed by atoms with van der Waals surface area (Å²) in [6.07, 6.45) is 7.27. The van der Waals surface area contributed by atoms with Crippen LogP contribution in [-0.2, 0) is 6.42 Å². The monoisotopic (exact) mass is 263 g/mol. The van der Waals surface area contributed by atoms with Gasteiger partial charge in [0.2, 0.25) is 0 Å². The summed E-state index contributed by atoms with van der Waals surface area (Å²) in [5.74, 6) is 1.36. The maximum atomic E-state index is 13.5. The highest BCUT2D eigenvalue weighted by molar-refractivity contribution is 5.34. The number of hydrogen-bond acceptors (Lipinski definition) is 2. The van der Waals surface area contributed by atoms with Crippen molar-refractivity contribution in [3.63, 3.8) is 0 Å². The topological polar surface area (TPSA) is 21.3 Å². The zero-order chi connectivity index (χ0) is 13.1. The molecule has 3 rings (SSSR count). The van der Waals surface area contributed by atoms with E-state index in [-0.39, 0.29) is 5.82 Å². The summed E-state index contributed by atoms with van der Waals surface area (Å²) in [6.45, 7) is 2.16. The van der Waals surface area contributed by atoms with Gasteiger partial charge in [-0.1, -0.05) is 0 Å². The fourth-order valence-electron chi connectivity index (χ4n) is 2.90. The molecule has 2 nitrogen and oxygen atoms in total. The van der Waals surface area contributed by atoms with Crippen LogP contribution in [0.5, 0.6) is 5.75 Å². The Bertz CT molecular complexity index is 425. The quantitative estimate of drug-likeness (QED) is 0.900. The van der Waals surface area contributed by atoms with E-state index in [1.165, 1.54) is 25.3 Å². The summed E-state index contributed by atoms with van der Waals surface area (Å²) in [7, 11) is 0. The van der Waals surface area contributed by atoms with Crippen LogP contribution in [0.1, 0.15) is 37.7 Å². The van der Waals surface area contributed by atoms with Gasteiger partial charge in [0.25, 0.3) is 0 Å². The molecule has 1 saturated carbocycles. The molecule has 1 unspecified atom stereocenters. The number of hydrogen-bond donors (Lipinski definition) is 1. The SMILES string of the molecule is Fc1ccc(OC2CCC2)c(CC2CCCNC2)c1. The molecular weight excluding hydrogens is 241 g/mol. The molecular formula is C16H22FNO. The first-order valence-electron chi connectivity index (χ1n) is 7.47. The van der Waals surface area contributed by atoms with Crippen molar-refractivity contribution in [2.75, 3.05) is 13.1 Å². The summed E-state index contributed by atoms with van der Waals surface area (Å²) in [5, 5.41) is 3.42. The van der Waals surface area contributed by atoms with Crippen molar-refractivity contribution in [2.45, 2.75) is 44.6 Å². The largest absolute Gasteiger partial charge is 0.490 e. The van der Waals surface area contributed by atoms with E-state index in [9.17, 15) is 4.39 Å². The van der Waals surface area contributed by atoms with Crippen LogP contribution in [0, 0.1) is 11.7 Å². The third-order valence-corrected chi connectivity index (χ3v) is 4.28. The van der Waals surface area contributed by atoms with Crippen LogP contribution in [0.3, 0.4) is 0 Å². The van der Waals surface area contributed by atoms with Crippen LogP contribution in [-0.4, -0.2) is 19.2 Å². The summed E-state index contributed by atoms with van der Waals surface area (Å²) in [6, 6.07) is 4.97. The molecule has 1 aromatic rings. The Morgan fingerprint density at radius 3 is 2.79 bits per heavy atom. The molecule has 1 saturated heterocycles. The van der Waals surface area contributed by atoms with E-state index in [0.717, 1.165) is 43.7 Å². The third kappa shape index (κ3) is 3.27. The van der Waals surface area contributed by atoms with E-state index in [1.807, 2.05) is 0 Å². The van der Waals surface area contributed by atoms with Gasteiger partial charge in [-0.05, 0) is 81.3 Å². The Labute approximate surface area is 114 Å². The van der Waals surface area contributed by atoms with Crippen molar-refractivity contribution in [1.29, 1.82) is 0 Å². The smallest absolute Gasteiger partial charge is 0.123 e. The predicted molar refractivity (Wildman–Crippen MR) is 74.0 cm³/mol. The normalized spacial score (nSPS) is 23.9. The number of ether oxygens (including phenoxy) is 1. The molecule has 1 aliphatic carbocycles. The maximum Gasteiger partial charge on any atom is 0.123 e. The minimum absolute atomic E-state index is 0.153. The van der Waals surface area contributed by atoms with Gasteiger partial charge >= 0.3 is 0 Å². The van der Waals surface area contributed by atoms with E-state index >= 15 is 0 Å². The van der Waals surface area contributed by atoms with E-state index in [0.29, 0.717) is 12.0 Å². The molecule has 0 amide bonds. The lowest BCUT2D eigenvalue weighted by atomic mass is 9.91. The fourth-order valence-corrected chi connectivity index (χ4v) is 2.90. The zero-order valence-electron chi connectivity index (χ0n) is 11.3. The van der Waals surface area contributed by atoms with E-state index in [4.69, 9.17) is 4.74 Å². The first-order valence-corrected chi connectivity index (χ1v) is 7.47. The number of piperidine rings is 1. The van der Waals surface area contributed by atoms with E-state index in [1.54, 1.807) is 12.1 Å². The maximum absolute atomic E-state index is 13.5. The number of rotatable bonds is 4. The second kappa shape index (κ2) is 5.91. The highest BCUT2D eigenvalue weighted by atomic mass is 19.1. The highest BCUT2D eigenvalue weighted by Crippen LogP contribution is 2.30. The Kier molecular flexibility index (Phi) is 4.02. The molecule has 19 heavy (non-hydrogen) atoms. The molecule has 0 aromatic heterocycles. The molecule has 1 aliphatic heterocycles. The molecule has 104 valence electrons. The van der Waals surface area contributed by atoms with Crippen molar-refractivity contribution >= 4 is 0 Å². The second-order valence-electron chi connectivity index (χ2n) is 5.84. The van der Waals surface area contributed by atoms with Crippen molar-refractivity contribution in [2.24, 2.45) is 5.92 Å². The first-order chi connectivity index (χ1) is 9.31. The molecule has 1 aromatic carbocycles. The molecule has 1 atom stereocenters. The van der Waals surface area contributed by atoms with Gasteiger partial charge in [-0.25, -0.2) is 4.39 Å². The number of halogens is 1. The van der Waals surface area contributed by atoms with Gasteiger partial charge in [0.1, 0.15) is 11.6 Å². The van der Waals surface area contributed by atoms with Gasteiger partial charge in [0.05, 0.1) is 6.10 Å². The fraction of sp³-hybridized carbons (Fsp3) is 0.625.